The topological polar surface area (TPSA) is 17.8 Å². The van der Waals surface area contributed by atoms with Crippen LogP contribution in [-0.2, 0) is 6.54 Å². The molecule has 0 aliphatic carbocycles. The summed E-state index contributed by atoms with van der Waals surface area (Å²) in [4.78, 5) is 4.09. The second kappa shape index (κ2) is 4.31. The van der Waals surface area contributed by atoms with Gasteiger partial charge in [0.2, 0.25) is 0 Å². The van der Waals surface area contributed by atoms with E-state index >= 15 is 0 Å². The molecule has 0 aliphatic rings. The van der Waals surface area contributed by atoms with E-state index in [0.717, 1.165) is 16.8 Å². The maximum atomic E-state index is 12.7. The lowest BCUT2D eigenvalue weighted by molar-refractivity contribution is 0.626. The van der Waals surface area contributed by atoms with Gasteiger partial charge in [-0.15, -0.1) is 0 Å². The Bertz CT molecular complexity index is 497. The SMILES string of the molecule is C=C(C)c1cncn1Cc1ccc(F)cc1. The Morgan fingerprint density at radius 3 is 2.69 bits per heavy atom. The fourth-order valence-electron chi connectivity index (χ4n) is 1.59. The first-order valence-corrected chi connectivity index (χ1v) is 5.07. The van der Waals surface area contributed by atoms with E-state index in [1.165, 1.54) is 12.1 Å². The highest BCUT2D eigenvalue weighted by Crippen LogP contribution is 2.13. The number of aromatic nitrogens is 2. The first-order chi connectivity index (χ1) is 7.66. The highest BCUT2D eigenvalue weighted by molar-refractivity contribution is 5.57. The standard InChI is InChI=1S/C13H13FN2/c1-10(2)13-7-15-9-16(13)8-11-3-5-12(14)6-4-11/h3-7,9H,1,8H2,2H3. The molecule has 2 nitrogen and oxygen atoms in total. The molecule has 1 aromatic heterocycles. The normalized spacial score (nSPS) is 10.4. The minimum atomic E-state index is -0.213. The molecule has 0 unspecified atom stereocenters. The van der Waals surface area contributed by atoms with Gasteiger partial charge in [-0.2, -0.15) is 0 Å². The molecule has 0 amide bonds. The first-order valence-electron chi connectivity index (χ1n) is 5.07. The molecule has 0 aliphatic heterocycles. The Kier molecular flexibility index (Phi) is 2.86. The van der Waals surface area contributed by atoms with E-state index in [-0.39, 0.29) is 5.82 Å². The summed E-state index contributed by atoms with van der Waals surface area (Å²) in [6, 6.07) is 6.48. The van der Waals surface area contributed by atoms with Crippen molar-refractivity contribution in [3.8, 4) is 0 Å². The van der Waals surface area contributed by atoms with Crippen molar-refractivity contribution in [2.45, 2.75) is 13.5 Å². The van der Waals surface area contributed by atoms with Crippen LogP contribution in [-0.4, -0.2) is 9.55 Å². The van der Waals surface area contributed by atoms with Gasteiger partial charge >= 0.3 is 0 Å². The third kappa shape index (κ3) is 2.19. The van der Waals surface area contributed by atoms with Crippen molar-refractivity contribution >= 4 is 5.57 Å². The maximum absolute atomic E-state index is 12.7. The van der Waals surface area contributed by atoms with Gasteiger partial charge in [0, 0.05) is 6.54 Å². The molecule has 0 bridgehead atoms. The summed E-state index contributed by atoms with van der Waals surface area (Å²) in [5.41, 5.74) is 3.02. The zero-order valence-corrected chi connectivity index (χ0v) is 9.15. The molecule has 2 rings (SSSR count). The molecule has 0 fully saturated rings. The summed E-state index contributed by atoms with van der Waals surface area (Å²) in [7, 11) is 0. The van der Waals surface area contributed by atoms with Crippen molar-refractivity contribution in [3.63, 3.8) is 0 Å². The van der Waals surface area contributed by atoms with Crippen LogP contribution in [0.4, 0.5) is 4.39 Å². The van der Waals surface area contributed by atoms with E-state index in [0.29, 0.717) is 6.54 Å². The predicted octanol–water partition coefficient (Wildman–Crippen LogP) is 3.10. The fraction of sp³-hybridized carbons (Fsp3) is 0.154. The number of hydrogen-bond donors (Lipinski definition) is 0. The summed E-state index contributed by atoms with van der Waals surface area (Å²) in [5.74, 6) is -0.213. The summed E-state index contributed by atoms with van der Waals surface area (Å²) < 4.78 is 14.7. The average molecular weight is 216 g/mol. The number of benzene rings is 1. The minimum absolute atomic E-state index is 0.213. The van der Waals surface area contributed by atoms with Gasteiger partial charge in [-0.3, -0.25) is 0 Å². The summed E-state index contributed by atoms with van der Waals surface area (Å²) in [5, 5.41) is 0. The first kappa shape index (κ1) is 10.6. The molecule has 1 aromatic carbocycles. The average Bonchev–Trinajstić information content (AvgIpc) is 2.69. The van der Waals surface area contributed by atoms with Gasteiger partial charge in [0.25, 0.3) is 0 Å². The van der Waals surface area contributed by atoms with Crippen LogP contribution in [0.5, 0.6) is 0 Å². The largest absolute Gasteiger partial charge is 0.326 e. The molecule has 0 saturated heterocycles. The molecule has 1 heterocycles. The van der Waals surface area contributed by atoms with Gasteiger partial charge in [0.15, 0.2) is 0 Å². The molecular formula is C13H13FN2. The predicted molar refractivity (Wildman–Crippen MR) is 62.4 cm³/mol. The van der Waals surface area contributed by atoms with E-state index in [9.17, 15) is 4.39 Å². The smallest absolute Gasteiger partial charge is 0.123 e. The van der Waals surface area contributed by atoms with E-state index < -0.39 is 0 Å². The number of allylic oxidation sites excluding steroid dienone is 1. The van der Waals surface area contributed by atoms with Gasteiger partial charge in [-0.25, -0.2) is 9.37 Å². The van der Waals surface area contributed by atoms with Crippen LogP contribution in [0.25, 0.3) is 5.57 Å². The Morgan fingerprint density at radius 2 is 2.06 bits per heavy atom. The summed E-state index contributed by atoms with van der Waals surface area (Å²) >= 11 is 0. The Labute approximate surface area is 94.1 Å². The number of halogens is 1. The highest BCUT2D eigenvalue weighted by Gasteiger charge is 2.03. The lowest BCUT2D eigenvalue weighted by Crippen LogP contribution is -2.01. The van der Waals surface area contributed by atoms with Crippen molar-refractivity contribution < 1.29 is 4.39 Å². The maximum Gasteiger partial charge on any atom is 0.123 e. The van der Waals surface area contributed by atoms with Crippen LogP contribution in [0.2, 0.25) is 0 Å². The molecule has 2 aromatic rings. The number of imidazole rings is 1. The zero-order chi connectivity index (χ0) is 11.5. The summed E-state index contributed by atoms with van der Waals surface area (Å²) in [6.07, 6.45) is 3.54. The molecule has 0 saturated carbocycles. The van der Waals surface area contributed by atoms with Crippen molar-refractivity contribution in [2.24, 2.45) is 0 Å². The monoisotopic (exact) mass is 216 g/mol. The fourth-order valence-corrected chi connectivity index (χ4v) is 1.59. The zero-order valence-electron chi connectivity index (χ0n) is 9.15. The van der Waals surface area contributed by atoms with Crippen LogP contribution in [0.1, 0.15) is 18.2 Å². The number of nitrogens with zero attached hydrogens (tertiary/aromatic N) is 2. The van der Waals surface area contributed by atoms with Gasteiger partial charge in [0.1, 0.15) is 5.82 Å². The summed E-state index contributed by atoms with van der Waals surface area (Å²) in [6.45, 7) is 6.52. The van der Waals surface area contributed by atoms with Gasteiger partial charge < -0.3 is 4.57 Å². The molecule has 16 heavy (non-hydrogen) atoms. The van der Waals surface area contributed by atoms with Gasteiger partial charge in [-0.1, -0.05) is 18.7 Å². The quantitative estimate of drug-likeness (QED) is 0.770. The Hall–Kier alpha value is -1.90. The lowest BCUT2D eigenvalue weighted by atomic mass is 10.2. The van der Waals surface area contributed by atoms with E-state index in [2.05, 4.69) is 11.6 Å². The van der Waals surface area contributed by atoms with Gasteiger partial charge in [0.05, 0.1) is 18.2 Å². The second-order valence-corrected chi connectivity index (χ2v) is 3.81. The lowest BCUT2D eigenvalue weighted by Gasteiger charge is -2.07. The van der Waals surface area contributed by atoms with Crippen LogP contribution >= 0.6 is 0 Å². The van der Waals surface area contributed by atoms with E-state index in [1.54, 1.807) is 24.7 Å². The second-order valence-electron chi connectivity index (χ2n) is 3.81. The van der Waals surface area contributed by atoms with E-state index in [4.69, 9.17) is 0 Å². The third-order valence-corrected chi connectivity index (χ3v) is 2.42. The Morgan fingerprint density at radius 1 is 1.38 bits per heavy atom. The molecule has 0 spiro atoms. The van der Waals surface area contributed by atoms with Crippen molar-refractivity contribution in [2.75, 3.05) is 0 Å². The van der Waals surface area contributed by atoms with Crippen LogP contribution < -0.4 is 0 Å². The molecular weight excluding hydrogens is 203 g/mol. The highest BCUT2D eigenvalue weighted by atomic mass is 19.1. The van der Waals surface area contributed by atoms with Crippen LogP contribution in [0, 0.1) is 5.82 Å². The van der Waals surface area contributed by atoms with Crippen molar-refractivity contribution in [1.82, 2.24) is 9.55 Å². The van der Waals surface area contributed by atoms with E-state index in [1.807, 2.05) is 11.5 Å². The minimum Gasteiger partial charge on any atom is -0.326 e. The van der Waals surface area contributed by atoms with Gasteiger partial charge in [-0.05, 0) is 30.2 Å². The van der Waals surface area contributed by atoms with Crippen molar-refractivity contribution in [1.29, 1.82) is 0 Å². The molecule has 82 valence electrons. The number of rotatable bonds is 3. The third-order valence-electron chi connectivity index (χ3n) is 2.42. The molecule has 0 radical (unpaired) electrons. The van der Waals surface area contributed by atoms with Crippen LogP contribution in [0.3, 0.4) is 0 Å². The molecule has 0 atom stereocenters. The number of hydrogen-bond acceptors (Lipinski definition) is 1. The van der Waals surface area contributed by atoms with Crippen molar-refractivity contribution in [3.05, 3.63) is 60.4 Å². The van der Waals surface area contributed by atoms with Crippen LogP contribution in [0.15, 0.2) is 43.4 Å². The Balaban J connectivity index is 2.23. The molecule has 3 heteroatoms. The molecule has 0 N–H and O–H groups in total.